The third kappa shape index (κ3) is 3.32. The van der Waals surface area contributed by atoms with Crippen LogP contribution in [0.15, 0.2) is 48.5 Å². The molecule has 1 N–H and O–H groups in total. The van der Waals surface area contributed by atoms with E-state index in [1.165, 1.54) is 0 Å². The van der Waals surface area contributed by atoms with Gasteiger partial charge in [0.1, 0.15) is 6.04 Å². The third-order valence-electron chi connectivity index (χ3n) is 4.48. The van der Waals surface area contributed by atoms with Crippen molar-refractivity contribution in [1.29, 1.82) is 0 Å². The Morgan fingerprint density at radius 2 is 1.83 bits per heavy atom. The summed E-state index contributed by atoms with van der Waals surface area (Å²) in [6.07, 6.45) is 1.55. The van der Waals surface area contributed by atoms with Gasteiger partial charge in [-0.2, -0.15) is 0 Å². The molecule has 24 heavy (non-hydrogen) atoms. The van der Waals surface area contributed by atoms with Crippen molar-refractivity contribution in [2.45, 2.75) is 32.7 Å². The number of carbonyl (C=O) groups is 2. The van der Waals surface area contributed by atoms with Gasteiger partial charge in [-0.15, -0.1) is 0 Å². The molecule has 1 aliphatic heterocycles. The van der Waals surface area contributed by atoms with Gasteiger partial charge in [-0.1, -0.05) is 35.9 Å². The molecule has 1 aliphatic rings. The molecule has 4 heteroatoms. The Labute approximate surface area is 142 Å². The maximum atomic E-state index is 12.7. The quantitative estimate of drug-likeness (QED) is 0.939. The second-order valence-electron chi connectivity index (χ2n) is 6.33. The molecule has 0 aliphatic carbocycles. The number of rotatable bonds is 3. The zero-order valence-corrected chi connectivity index (χ0v) is 14.1. The van der Waals surface area contributed by atoms with Gasteiger partial charge in [-0.05, 0) is 50.5 Å². The summed E-state index contributed by atoms with van der Waals surface area (Å²) >= 11 is 0. The maximum absolute atomic E-state index is 12.7. The van der Waals surface area contributed by atoms with Crippen molar-refractivity contribution >= 4 is 17.5 Å². The van der Waals surface area contributed by atoms with Gasteiger partial charge in [0.05, 0.1) is 0 Å². The summed E-state index contributed by atoms with van der Waals surface area (Å²) in [5, 5.41) is 2.98. The number of nitrogens with one attached hydrogen (secondary N) is 1. The Balaban J connectivity index is 1.75. The average Bonchev–Trinajstić information content (AvgIpc) is 3.07. The van der Waals surface area contributed by atoms with Crippen molar-refractivity contribution in [3.63, 3.8) is 0 Å². The van der Waals surface area contributed by atoms with Crippen LogP contribution in [0.1, 0.15) is 34.3 Å². The van der Waals surface area contributed by atoms with Gasteiger partial charge in [-0.25, -0.2) is 0 Å². The summed E-state index contributed by atoms with van der Waals surface area (Å²) in [5.41, 5.74) is 3.63. The third-order valence-corrected chi connectivity index (χ3v) is 4.48. The standard InChI is InChI=1S/C20H22N2O2/c1-14-10-11-17(15(2)13-14)21-19(23)18-9-6-12-22(18)20(24)16-7-4-3-5-8-16/h3-5,7-8,10-11,13,18H,6,9,12H2,1-2H3,(H,21,23)/t18-/m1/s1. The van der Waals surface area contributed by atoms with E-state index in [4.69, 9.17) is 0 Å². The molecule has 2 aromatic carbocycles. The monoisotopic (exact) mass is 322 g/mol. The molecule has 1 atom stereocenters. The van der Waals surface area contributed by atoms with Crippen molar-refractivity contribution in [2.24, 2.45) is 0 Å². The Morgan fingerprint density at radius 3 is 2.54 bits per heavy atom. The Kier molecular flexibility index (Phi) is 4.65. The molecular weight excluding hydrogens is 300 g/mol. The fourth-order valence-corrected chi connectivity index (χ4v) is 3.20. The number of hydrogen-bond donors (Lipinski definition) is 1. The zero-order chi connectivity index (χ0) is 17.1. The molecule has 1 fully saturated rings. The summed E-state index contributed by atoms with van der Waals surface area (Å²) in [4.78, 5) is 27.1. The van der Waals surface area contributed by atoms with E-state index in [1.807, 2.05) is 50.2 Å². The van der Waals surface area contributed by atoms with Gasteiger partial charge < -0.3 is 10.2 Å². The number of hydrogen-bond acceptors (Lipinski definition) is 2. The summed E-state index contributed by atoms with van der Waals surface area (Å²) in [6, 6.07) is 14.7. The van der Waals surface area contributed by atoms with Gasteiger partial charge >= 0.3 is 0 Å². The summed E-state index contributed by atoms with van der Waals surface area (Å²) < 4.78 is 0. The number of aryl methyl sites for hydroxylation is 2. The van der Waals surface area contributed by atoms with Crippen molar-refractivity contribution in [1.82, 2.24) is 4.90 Å². The van der Waals surface area contributed by atoms with Crippen molar-refractivity contribution in [3.05, 3.63) is 65.2 Å². The molecule has 0 saturated carbocycles. The van der Waals surface area contributed by atoms with Crippen LogP contribution >= 0.6 is 0 Å². The fourth-order valence-electron chi connectivity index (χ4n) is 3.20. The Morgan fingerprint density at radius 1 is 1.08 bits per heavy atom. The molecule has 4 nitrogen and oxygen atoms in total. The molecular formula is C20H22N2O2. The van der Waals surface area contributed by atoms with E-state index in [-0.39, 0.29) is 11.8 Å². The predicted octanol–water partition coefficient (Wildman–Crippen LogP) is 3.55. The van der Waals surface area contributed by atoms with Gasteiger partial charge in [-0.3, -0.25) is 9.59 Å². The van der Waals surface area contributed by atoms with Crippen LogP contribution in [-0.2, 0) is 4.79 Å². The molecule has 124 valence electrons. The van der Waals surface area contributed by atoms with E-state index >= 15 is 0 Å². The SMILES string of the molecule is Cc1ccc(NC(=O)[C@H]2CCCN2C(=O)c2ccccc2)c(C)c1. The second-order valence-corrected chi connectivity index (χ2v) is 6.33. The highest BCUT2D eigenvalue weighted by atomic mass is 16.2. The van der Waals surface area contributed by atoms with Gasteiger partial charge in [0, 0.05) is 17.8 Å². The van der Waals surface area contributed by atoms with Crippen LogP contribution in [0.3, 0.4) is 0 Å². The highest BCUT2D eigenvalue weighted by Gasteiger charge is 2.34. The summed E-state index contributed by atoms with van der Waals surface area (Å²) in [7, 11) is 0. The second kappa shape index (κ2) is 6.87. The number of carbonyl (C=O) groups excluding carboxylic acids is 2. The lowest BCUT2D eigenvalue weighted by Crippen LogP contribution is -2.43. The van der Waals surface area contributed by atoms with E-state index in [0.29, 0.717) is 18.5 Å². The minimum atomic E-state index is -0.404. The molecule has 2 amide bonds. The lowest BCUT2D eigenvalue weighted by Gasteiger charge is -2.24. The Hall–Kier alpha value is -2.62. The van der Waals surface area contributed by atoms with E-state index in [0.717, 1.165) is 23.2 Å². The average molecular weight is 322 g/mol. The van der Waals surface area contributed by atoms with E-state index in [2.05, 4.69) is 5.32 Å². The first kappa shape index (κ1) is 16.2. The molecule has 3 rings (SSSR count). The minimum Gasteiger partial charge on any atom is -0.327 e. The van der Waals surface area contributed by atoms with Gasteiger partial charge in [0.2, 0.25) is 5.91 Å². The Bertz CT molecular complexity index is 755. The number of anilines is 1. The molecule has 1 saturated heterocycles. The molecule has 0 radical (unpaired) electrons. The first-order chi connectivity index (χ1) is 11.6. The van der Waals surface area contributed by atoms with Crippen LogP contribution in [-0.4, -0.2) is 29.3 Å². The minimum absolute atomic E-state index is 0.0751. The molecule has 0 unspecified atom stereocenters. The number of nitrogens with zero attached hydrogens (tertiary/aromatic N) is 1. The van der Waals surface area contributed by atoms with E-state index in [9.17, 15) is 9.59 Å². The smallest absolute Gasteiger partial charge is 0.254 e. The maximum Gasteiger partial charge on any atom is 0.254 e. The molecule has 1 heterocycles. The lowest BCUT2D eigenvalue weighted by molar-refractivity contribution is -0.119. The largest absolute Gasteiger partial charge is 0.327 e. The number of amides is 2. The predicted molar refractivity (Wildman–Crippen MR) is 95.0 cm³/mol. The van der Waals surface area contributed by atoms with Crippen molar-refractivity contribution < 1.29 is 9.59 Å². The topological polar surface area (TPSA) is 49.4 Å². The lowest BCUT2D eigenvalue weighted by atomic mass is 10.1. The normalized spacial score (nSPS) is 16.9. The highest BCUT2D eigenvalue weighted by Crippen LogP contribution is 2.23. The zero-order valence-electron chi connectivity index (χ0n) is 14.1. The van der Waals surface area contributed by atoms with Crippen LogP contribution < -0.4 is 5.32 Å². The highest BCUT2D eigenvalue weighted by molar-refractivity contribution is 6.01. The molecule has 0 spiro atoms. The summed E-state index contributed by atoms with van der Waals surface area (Å²) in [5.74, 6) is -0.183. The van der Waals surface area contributed by atoms with Gasteiger partial charge in [0.25, 0.3) is 5.91 Å². The van der Waals surface area contributed by atoms with Crippen molar-refractivity contribution in [2.75, 3.05) is 11.9 Å². The number of benzene rings is 2. The molecule has 2 aromatic rings. The fraction of sp³-hybridized carbons (Fsp3) is 0.300. The first-order valence-corrected chi connectivity index (χ1v) is 8.30. The number of likely N-dealkylation sites (tertiary alicyclic amines) is 1. The van der Waals surface area contributed by atoms with Crippen LogP contribution in [0.2, 0.25) is 0 Å². The van der Waals surface area contributed by atoms with Crippen LogP contribution in [0.25, 0.3) is 0 Å². The van der Waals surface area contributed by atoms with Crippen LogP contribution in [0.5, 0.6) is 0 Å². The van der Waals surface area contributed by atoms with E-state index < -0.39 is 6.04 Å². The van der Waals surface area contributed by atoms with Gasteiger partial charge in [0.15, 0.2) is 0 Å². The first-order valence-electron chi connectivity index (χ1n) is 8.30. The van der Waals surface area contributed by atoms with Crippen molar-refractivity contribution in [3.8, 4) is 0 Å². The molecule has 0 bridgehead atoms. The summed E-state index contributed by atoms with van der Waals surface area (Å²) in [6.45, 7) is 4.62. The van der Waals surface area contributed by atoms with E-state index in [1.54, 1.807) is 17.0 Å². The van der Waals surface area contributed by atoms with Crippen LogP contribution in [0, 0.1) is 13.8 Å². The molecule has 0 aromatic heterocycles. The van der Waals surface area contributed by atoms with Crippen LogP contribution in [0.4, 0.5) is 5.69 Å².